The van der Waals surface area contributed by atoms with Gasteiger partial charge < -0.3 is 10.1 Å². The minimum atomic E-state index is -4.90. The number of nitrogens with one attached hydrogen (secondary N) is 1. The molecule has 0 fully saturated rings. The number of H-pyrrole nitrogens is 1. The molecular formula is C8H6F5NO2. The quantitative estimate of drug-likeness (QED) is 0.778. The molecule has 8 heteroatoms. The number of aliphatic hydroxyl groups is 1. The van der Waals surface area contributed by atoms with Gasteiger partial charge in [0.25, 0.3) is 12.0 Å². The smallest absolute Gasteiger partial charge is 0.392 e. The Kier molecular flexibility index (Phi) is 3.32. The van der Waals surface area contributed by atoms with E-state index < -0.39 is 41.6 Å². The van der Waals surface area contributed by atoms with Crippen LogP contribution in [0.15, 0.2) is 10.9 Å². The Morgan fingerprint density at radius 3 is 2.31 bits per heavy atom. The molecule has 0 spiro atoms. The van der Waals surface area contributed by atoms with E-state index in [0.717, 1.165) is 0 Å². The van der Waals surface area contributed by atoms with E-state index in [2.05, 4.69) is 0 Å². The van der Waals surface area contributed by atoms with Crippen molar-refractivity contribution in [1.29, 1.82) is 0 Å². The first-order valence-electron chi connectivity index (χ1n) is 3.99. The number of halogens is 5. The highest BCUT2D eigenvalue weighted by Crippen LogP contribution is 2.30. The van der Waals surface area contributed by atoms with Crippen LogP contribution in [0.2, 0.25) is 0 Å². The van der Waals surface area contributed by atoms with E-state index in [1.807, 2.05) is 0 Å². The van der Waals surface area contributed by atoms with Crippen molar-refractivity contribution in [2.24, 2.45) is 0 Å². The average molecular weight is 243 g/mol. The zero-order valence-electron chi connectivity index (χ0n) is 7.61. The number of rotatable bonds is 2. The zero-order chi connectivity index (χ0) is 12.5. The highest BCUT2D eigenvalue weighted by atomic mass is 19.4. The van der Waals surface area contributed by atoms with Crippen LogP contribution in [0.3, 0.4) is 0 Å². The molecule has 0 saturated carbocycles. The second-order valence-electron chi connectivity index (χ2n) is 2.91. The van der Waals surface area contributed by atoms with Crippen molar-refractivity contribution in [3.8, 4) is 0 Å². The zero-order valence-corrected chi connectivity index (χ0v) is 7.61. The van der Waals surface area contributed by atoms with Gasteiger partial charge in [-0.15, -0.1) is 0 Å². The van der Waals surface area contributed by atoms with Gasteiger partial charge in [-0.3, -0.25) is 4.79 Å². The molecule has 0 amide bonds. The van der Waals surface area contributed by atoms with Crippen molar-refractivity contribution in [3.05, 3.63) is 33.2 Å². The third-order valence-corrected chi connectivity index (χ3v) is 1.84. The van der Waals surface area contributed by atoms with Crippen LogP contribution in [0.1, 0.15) is 23.2 Å². The highest BCUT2D eigenvalue weighted by Gasteiger charge is 2.35. The van der Waals surface area contributed by atoms with E-state index in [4.69, 9.17) is 5.11 Å². The van der Waals surface area contributed by atoms with Gasteiger partial charge in [0.15, 0.2) is 0 Å². The van der Waals surface area contributed by atoms with Gasteiger partial charge in [0.2, 0.25) is 0 Å². The van der Waals surface area contributed by atoms with Crippen LogP contribution in [0.25, 0.3) is 0 Å². The summed E-state index contributed by atoms with van der Waals surface area (Å²) in [5.41, 5.74) is -4.91. The fourth-order valence-corrected chi connectivity index (χ4v) is 1.13. The van der Waals surface area contributed by atoms with E-state index in [9.17, 15) is 26.7 Å². The average Bonchev–Trinajstić information content (AvgIpc) is 2.15. The summed E-state index contributed by atoms with van der Waals surface area (Å²) in [5, 5.41) is 8.61. The first-order chi connectivity index (χ1) is 7.27. The minimum absolute atomic E-state index is 0.353. The third kappa shape index (κ3) is 2.38. The summed E-state index contributed by atoms with van der Waals surface area (Å²) in [6.45, 7) is -1.09. The molecule has 0 atom stereocenters. The molecule has 0 aromatic carbocycles. The van der Waals surface area contributed by atoms with Crippen molar-refractivity contribution < 1.29 is 27.1 Å². The topological polar surface area (TPSA) is 53.1 Å². The monoisotopic (exact) mass is 243 g/mol. The van der Waals surface area contributed by atoms with E-state index in [1.165, 1.54) is 4.98 Å². The lowest BCUT2D eigenvalue weighted by molar-refractivity contribution is -0.142. The van der Waals surface area contributed by atoms with Crippen LogP contribution in [-0.4, -0.2) is 10.1 Å². The Labute approximate surface area is 85.5 Å². The van der Waals surface area contributed by atoms with Gasteiger partial charge in [-0.05, 0) is 6.07 Å². The Hall–Kier alpha value is -1.44. The van der Waals surface area contributed by atoms with E-state index in [1.54, 1.807) is 0 Å². The lowest BCUT2D eigenvalue weighted by Gasteiger charge is -2.11. The summed E-state index contributed by atoms with van der Waals surface area (Å²) in [5.74, 6) is 0. The number of aromatic nitrogens is 1. The van der Waals surface area contributed by atoms with Crippen molar-refractivity contribution in [2.75, 3.05) is 0 Å². The molecule has 0 radical (unpaired) electrons. The summed E-state index contributed by atoms with van der Waals surface area (Å²) in [6, 6.07) is 0.353. The third-order valence-electron chi connectivity index (χ3n) is 1.84. The number of aliphatic hydroxyl groups excluding tert-OH is 1. The van der Waals surface area contributed by atoms with Crippen molar-refractivity contribution in [3.63, 3.8) is 0 Å². The maximum Gasteiger partial charge on any atom is 0.431 e. The summed E-state index contributed by atoms with van der Waals surface area (Å²) < 4.78 is 61.2. The lowest BCUT2D eigenvalue weighted by atomic mass is 10.1. The highest BCUT2D eigenvalue weighted by molar-refractivity contribution is 5.27. The maximum absolute atomic E-state index is 12.3. The molecule has 16 heavy (non-hydrogen) atoms. The van der Waals surface area contributed by atoms with Crippen LogP contribution >= 0.6 is 0 Å². The lowest BCUT2D eigenvalue weighted by Crippen LogP contribution is -2.22. The van der Waals surface area contributed by atoms with Crippen molar-refractivity contribution >= 4 is 0 Å². The molecule has 1 aromatic rings. The van der Waals surface area contributed by atoms with Crippen LogP contribution < -0.4 is 5.56 Å². The van der Waals surface area contributed by atoms with E-state index in [-0.39, 0.29) is 0 Å². The Balaban J connectivity index is 3.45. The molecule has 0 aliphatic rings. The molecule has 0 saturated heterocycles. The van der Waals surface area contributed by atoms with Gasteiger partial charge in [-0.2, -0.15) is 13.2 Å². The van der Waals surface area contributed by atoms with Crippen LogP contribution in [0.5, 0.6) is 0 Å². The van der Waals surface area contributed by atoms with Crippen molar-refractivity contribution in [1.82, 2.24) is 4.98 Å². The summed E-state index contributed by atoms with van der Waals surface area (Å²) in [4.78, 5) is 12.2. The molecule has 3 nitrogen and oxygen atoms in total. The largest absolute Gasteiger partial charge is 0.431 e. The fraction of sp³-hybridized carbons (Fsp3) is 0.375. The number of alkyl halides is 5. The molecule has 0 bridgehead atoms. The molecule has 0 aliphatic carbocycles. The van der Waals surface area contributed by atoms with Gasteiger partial charge in [0, 0.05) is 5.56 Å². The standard InChI is InChI=1S/C8H6F5NO2/c9-6(10)4-1-3(2-15)5(8(11,12)13)14-7(4)16/h1,6,15H,2H2,(H,14,16). The van der Waals surface area contributed by atoms with Crippen molar-refractivity contribution in [2.45, 2.75) is 19.2 Å². The first-order valence-corrected chi connectivity index (χ1v) is 3.99. The first kappa shape index (κ1) is 12.6. The van der Waals surface area contributed by atoms with E-state index >= 15 is 0 Å². The van der Waals surface area contributed by atoms with Gasteiger partial charge in [-0.25, -0.2) is 8.78 Å². The number of pyridine rings is 1. The van der Waals surface area contributed by atoms with Gasteiger partial charge in [-0.1, -0.05) is 0 Å². The molecule has 2 N–H and O–H groups in total. The summed E-state index contributed by atoms with van der Waals surface area (Å²) >= 11 is 0. The molecular weight excluding hydrogens is 237 g/mol. The van der Waals surface area contributed by atoms with Gasteiger partial charge in [0.1, 0.15) is 5.69 Å². The molecule has 0 unspecified atom stereocenters. The number of hydrogen-bond donors (Lipinski definition) is 2. The number of hydrogen-bond acceptors (Lipinski definition) is 2. The molecule has 0 aliphatic heterocycles. The number of aromatic amines is 1. The molecule has 1 aromatic heterocycles. The van der Waals surface area contributed by atoms with Crippen LogP contribution in [-0.2, 0) is 12.8 Å². The Bertz CT molecular complexity index is 437. The minimum Gasteiger partial charge on any atom is -0.392 e. The van der Waals surface area contributed by atoms with Gasteiger partial charge >= 0.3 is 6.18 Å². The summed E-state index contributed by atoms with van der Waals surface area (Å²) in [7, 11) is 0. The fourth-order valence-electron chi connectivity index (χ4n) is 1.13. The summed E-state index contributed by atoms with van der Waals surface area (Å²) in [6.07, 6.45) is -8.10. The second-order valence-corrected chi connectivity index (χ2v) is 2.91. The molecule has 1 rings (SSSR count). The second kappa shape index (κ2) is 4.20. The molecule has 1 heterocycles. The normalized spacial score (nSPS) is 12.2. The van der Waals surface area contributed by atoms with E-state index in [0.29, 0.717) is 6.07 Å². The van der Waals surface area contributed by atoms with Crippen LogP contribution in [0.4, 0.5) is 22.0 Å². The predicted molar refractivity (Wildman–Crippen MR) is 42.9 cm³/mol. The van der Waals surface area contributed by atoms with Gasteiger partial charge in [0.05, 0.1) is 12.2 Å². The maximum atomic E-state index is 12.3. The Morgan fingerprint density at radius 2 is 1.94 bits per heavy atom. The van der Waals surface area contributed by atoms with Crippen LogP contribution in [0, 0.1) is 0 Å². The molecule has 90 valence electrons. The predicted octanol–water partition coefficient (Wildman–Crippen LogP) is 1.82. The Morgan fingerprint density at radius 1 is 1.38 bits per heavy atom. The SMILES string of the molecule is O=c1[nH]c(C(F)(F)F)c(CO)cc1C(F)F.